The van der Waals surface area contributed by atoms with E-state index in [1.54, 1.807) is 42.5 Å². The number of amides is 2. The zero-order valence-corrected chi connectivity index (χ0v) is 13.9. The molecular weight excluding hydrogens is 302 g/mol. The first-order valence-electron chi connectivity index (χ1n) is 8.10. The number of carbonyl (C=O) groups is 2. The average Bonchev–Trinajstić information content (AvgIpc) is 3.32. The molecule has 0 unspecified atom stereocenters. The van der Waals surface area contributed by atoms with Crippen LogP contribution in [0.5, 0.6) is 0 Å². The molecule has 1 heterocycles. The topological polar surface area (TPSA) is 62.3 Å². The number of hydrogen-bond acceptors (Lipinski definition) is 3. The Bertz CT molecular complexity index is 745. The summed E-state index contributed by atoms with van der Waals surface area (Å²) in [5.74, 6) is 0.528. The fourth-order valence-corrected chi connectivity index (χ4v) is 2.71. The van der Waals surface area contributed by atoms with E-state index in [2.05, 4.69) is 17.2 Å². The van der Waals surface area contributed by atoms with Gasteiger partial charge in [-0.3, -0.25) is 14.6 Å². The lowest BCUT2D eigenvalue weighted by molar-refractivity contribution is -0.117. The van der Waals surface area contributed by atoms with Crippen molar-refractivity contribution < 1.29 is 9.59 Å². The van der Waals surface area contributed by atoms with Crippen molar-refractivity contribution in [2.45, 2.75) is 19.9 Å². The van der Waals surface area contributed by atoms with Crippen LogP contribution in [-0.4, -0.2) is 28.7 Å². The van der Waals surface area contributed by atoms with Gasteiger partial charge in [0.05, 0.1) is 0 Å². The van der Waals surface area contributed by atoms with Gasteiger partial charge in [-0.25, -0.2) is 0 Å². The molecule has 1 saturated carbocycles. The van der Waals surface area contributed by atoms with Crippen LogP contribution >= 0.6 is 0 Å². The van der Waals surface area contributed by atoms with Crippen molar-refractivity contribution in [1.82, 2.24) is 9.88 Å². The standard InChI is InChI=1S/C19H21N3O2/c1-13-10-17(13)18(23)21-16-5-3-4-15(11-16)19(24)22(2)12-14-6-8-20-9-7-14/h3-9,11,13,17H,10,12H2,1-2H3,(H,21,23)/t13-,17+/m1/s1. The molecule has 124 valence electrons. The first kappa shape index (κ1) is 16.2. The molecule has 3 rings (SSSR count). The second kappa shape index (κ2) is 6.83. The maximum atomic E-state index is 12.6. The van der Waals surface area contributed by atoms with E-state index in [9.17, 15) is 9.59 Å². The molecule has 1 aliphatic carbocycles. The Balaban J connectivity index is 1.66. The molecule has 1 fully saturated rings. The molecular formula is C19H21N3O2. The van der Waals surface area contributed by atoms with Crippen LogP contribution in [0.2, 0.25) is 0 Å². The number of nitrogens with one attached hydrogen (secondary N) is 1. The lowest BCUT2D eigenvalue weighted by Gasteiger charge is -2.17. The Morgan fingerprint density at radius 3 is 2.62 bits per heavy atom. The molecule has 0 saturated heterocycles. The van der Waals surface area contributed by atoms with E-state index >= 15 is 0 Å². The van der Waals surface area contributed by atoms with Crippen LogP contribution in [0.15, 0.2) is 48.8 Å². The predicted octanol–water partition coefficient (Wildman–Crippen LogP) is 2.95. The number of pyridine rings is 1. The van der Waals surface area contributed by atoms with Crippen LogP contribution in [0, 0.1) is 11.8 Å². The van der Waals surface area contributed by atoms with Gasteiger partial charge in [0.25, 0.3) is 5.91 Å². The number of anilines is 1. The highest BCUT2D eigenvalue weighted by atomic mass is 16.2. The van der Waals surface area contributed by atoms with Gasteiger partial charge in [0, 0.05) is 43.2 Å². The van der Waals surface area contributed by atoms with E-state index in [1.165, 1.54) is 0 Å². The molecule has 1 N–H and O–H groups in total. The molecule has 1 aromatic heterocycles. The van der Waals surface area contributed by atoms with E-state index in [0.717, 1.165) is 12.0 Å². The van der Waals surface area contributed by atoms with E-state index in [1.807, 2.05) is 18.2 Å². The summed E-state index contributed by atoms with van der Waals surface area (Å²) in [6, 6.07) is 10.9. The number of aromatic nitrogens is 1. The van der Waals surface area contributed by atoms with Crippen molar-refractivity contribution in [2.75, 3.05) is 12.4 Å². The summed E-state index contributed by atoms with van der Waals surface area (Å²) in [5.41, 5.74) is 2.25. The van der Waals surface area contributed by atoms with Gasteiger partial charge in [0.15, 0.2) is 0 Å². The molecule has 0 radical (unpaired) electrons. The minimum Gasteiger partial charge on any atom is -0.337 e. The summed E-state index contributed by atoms with van der Waals surface area (Å²) in [6.45, 7) is 2.58. The zero-order valence-electron chi connectivity index (χ0n) is 13.9. The second-order valence-corrected chi connectivity index (χ2v) is 6.41. The normalized spacial score (nSPS) is 18.8. The molecule has 1 aromatic carbocycles. The maximum absolute atomic E-state index is 12.6. The molecule has 2 atom stereocenters. The average molecular weight is 323 g/mol. The van der Waals surface area contributed by atoms with Crippen molar-refractivity contribution in [3.8, 4) is 0 Å². The molecule has 5 heteroatoms. The SMILES string of the molecule is C[C@@H]1C[C@@H]1C(=O)Nc1cccc(C(=O)N(C)Cc2ccncc2)c1. The summed E-state index contributed by atoms with van der Waals surface area (Å²) in [4.78, 5) is 30.2. The third-order valence-electron chi connectivity index (χ3n) is 4.34. The fraction of sp³-hybridized carbons (Fsp3) is 0.316. The molecule has 5 nitrogen and oxygen atoms in total. The Morgan fingerprint density at radius 2 is 1.96 bits per heavy atom. The molecule has 2 amide bonds. The lowest BCUT2D eigenvalue weighted by Crippen LogP contribution is -2.26. The van der Waals surface area contributed by atoms with Crippen LogP contribution in [0.25, 0.3) is 0 Å². The van der Waals surface area contributed by atoms with Gasteiger partial charge in [0.1, 0.15) is 0 Å². The maximum Gasteiger partial charge on any atom is 0.253 e. The quantitative estimate of drug-likeness (QED) is 0.920. The molecule has 1 aliphatic rings. The first-order chi connectivity index (χ1) is 11.5. The smallest absolute Gasteiger partial charge is 0.253 e. The Labute approximate surface area is 141 Å². The molecule has 2 aromatic rings. The van der Waals surface area contributed by atoms with Crippen molar-refractivity contribution in [3.63, 3.8) is 0 Å². The molecule has 0 aliphatic heterocycles. The number of nitrogens with zero attached hydrogens (tertiary/aromatic N) is 2. The Morgan fingerprint density at radius 1 is 1.25 bits per heavy atom. The minimum atomic E-state index is -0.0808. The van der Waals surface area contributed by atoms with E-state index < -0.39 is 0 Å². The third-order valence-corrected chi connectivity index (χ3v) is 4.34. The summed E-state index contributed by atoms with van der Waals surface area (Å²) in [6.07, 6.45) is 4.37. The Kier molecular flexibility index (Phi) is 4.60. The van der Waals surface area contributed by atoms with Crippen molar-refractivity contribution >= 4 is 17.5 Å². The van der Waals surface area contributed by atoms with Gasteiger partial charge in [-0.15, -0.1) is 0 Å². The van der Waals surface area contributed by atoms with Crippen molar-refractivity contribution in [3.05, 3.63) is 59.9 Å². The molecule has 24 heavy (non-hydrogen) atoms. The van der Waals surface area contributed by atoms with Crippen LogP contribution in [0.1, 0.15) is 29.3 Å². The van der Waals surface area contributed by atoms with Gasteiger partial charge in [0.2, 0.25) is 5.91 Å². The highest BCUT2D eigenvalue weighted by Gasteiger charge is 2.39. The monoisotopic (exact) mass is 323 g/mol. The van der Waals surface area contributed by atoms with Crippen LogP contribution < -0.4 is 5.32 Å². The van der Waals surface area contributed by atoms with Gasteiger partial charge < -0.3 is 10.2 Å². The molecule has 0 spiro atoms. The van der Waals surface area contributed by atoms with Crippen LogP contribution in [0.3, 0.4) is 0 Å². The summed E-state index contributed by atoms with van der Waals surface area (Å²) in [5, 5.41) is 2.90. The largest absolute Gasteiger partial charge is 0.337 e. The fourth-order valence-electron chi connectivity index (χ4n) is 2.71. The zero-order chi connectivity index (χ0) is 17.1. The lowest BCUT2D eigenvalue weighted by atomic mass is 10.1. The number of carbonyl (C=O) groups excluding carboxylic acids is 2. The minimum absolute atomic E-state index is 0.0391. The van der Waals surface area contributed by atoms with E-state index in [-0.39, 0.29) is 17.7 Å². The highest BCUT2D eigenvalue weighted by Crippen LogP contribution is 2.38. The van der Waals surface area contributed by atoms with E-state index in [4.69, 9.17) is 0 Å². The third kappa shape index (κ3) is 3.79. The van der Waals surface area contributed by atoms with Crippen LogP contribution in [-0.2, 0) is 11.3 Å². The highest BCUT2D eigenvalue weighted by molar-refractivity contribution is 5.98. The number of hydrogen-bond donors (Lipinski definition) is 1. The van der Waals surface area contributed by atoms with Crippen molar-refractivity contribution in [1.29, 1.82) is 0 Å². The number of benzene rings is 1. The molecule has 0 bridgehead atoms. The van der Waals surface area contributed by atoms with Gasteiger partial charge in [-0.1, -0.05) is 13.0 Å². The van der Waals surface area contributed by atoms with E-state index in [0.29, 0.717) is 23.7 Å². The summed E-state index contributed by atoms with van der Waals surface area (Å²) >= 11 is 0. The number of rotatable bonds is 5. The second-order valence-electron chi connectivity index (χ2n) is 6.41. The van der Waals surface area contributed by atoms with Gasteiger partial charge in [-0.05, 0) is 48.2 Å². The summed E-state index contributed by atoms with van der Waals surface area (Å²) in [7, 11) is 1.76. The van der Waals surface area contributed by atoms with Crippen LogP contribution in [0.4, 0.5) is 5.69 Å². The predicted molar refractivity (Wildman–Crippen MR) is 92.4 cm³/mol. The summed E-state index contributed by atoms with van der Waals surface area (Å²) < 4.78 is 0. The van der Waals surface area contributed by atoms with Crippen molar-refractivity contribution in [2.24, 2.45) is 11.8 Å². The Hall–Kier alpha value is -2.69. The van der Waals surface area contributed by atoms with Gasteiger partial charge >= 0.3 is 0 Å². The van der Waals surface area contributed by atoms with Gasteiger partial charge in [-0.2, -0.15) is 0 Å². The first-order valence-corrected chi connectivity index (χ1v) is 8.10.